The molecule has 0 atom stereocenters. The van der Waals surface area contributed by atoms with Crippen LogP contribution in [0.5, 0.6) is 0 Å². The molecule has 11 heavy (non-hydrogen) atoms. The minimum Gasteiger partial charge on any atom is -0.424 e. The second kappa shape index (κ2) is 2.54. The molecule has 0 aromatic carbocycles. The van der Waals surface area contributed by atoms with Gasteiger partial charge >= 0.3 is 0 Å². The molecule has 0 saturated heterocycles. The van der Waals surface area contributed by atoms with Crippen LogP contribution < -0.4 is 5.73 Å². The Morgan fingerprint density at radius 2 is 2.36 bits per heavy atom. The zero-order chi connectivity index (χ0) is 8.48. The fourth-order valence-electron chi connectivity index (χ4n) is 0.615. The van der Waals surface area contributed by atoms with E-state index in [1.807, 2.05) is 0 Å². The monoisotopic (exact) mass is 176 g/mol. The second-order valence-electron chi connectivity index (χ2n) is 2.23. The highest BCUT2D eigenvalue weighted by atomic mass is 32.2. The lowest BCUT2D eigenvalue weighted by Gasteiger charge is -1.89. The molecule has 0 aliphatic heterocycles. The van der Waals surface area contributed by atoms with Crippen molar-refractivity contribution in [2.75, 3.05) is 12.0 Å². The fraction of sp³-hybridized carbons (Fsp3) is 0.400. The molecule has 0 radical (unpaired) electrons. The van der Waals surface area contributed by atoms with Crippen LogP contribution >= 0.6 is 0 Å². The smallest absolute Gasteiger partial charge is 0.212 e. The van der Waals surface area contributed by atoms with Crippen LogP contribution in [0.25, 0.3) is 0 Å². The molecule has 0 bridgehead atoms. The summed E-state index contributed by atoms with van der Waals surface area (Å²) in [7, 11) is -3.08. The fourth-order valence-corrected chi connectivity index (χ4v) is 1.20. The van der Waals surface area contributed by atoms with Gasteiger partial charge in [0.1, 0.15) is 5.75 Å². The number of sulfone groups is 1. The number of oxazole rings is 1. The van der Waals surface area contributed by atoms with Crippen molar-refractivity contribution in [1.82, 2.24) is 4.98 Å². The van der Waals surface area contributed by atoms with E-state index in [9.17, 15) is 8.42 Å². The van der Waals surface area contributed by atoms with E-state index in [1.54, 1.807) is 0 Å². The molecular weight excluding hydrogens is 168 g/mol. The molecule has 0 saturated carbocycles. The molecule has 5 nitrogen and oxygen atoms in total. The van der Waals surface area contributed by atoms with Crippen LogP contribution in [0.1, 0.15) is 5.89 Å². The summed E-state index contributed by atoms with van der Waals surface area (Å²) in [6.07, 6.45) is 2.38. The van der Waals surface area contributed by atoms with Crippen molar-refractivity contribution in [3.8, 4) is 0 Å². The third-order valence-corrected chi connectivity index (χ3v) is 1.73. The van der Waals surface area contributed by atoms with Crippen molar-refractivity contribution < 1.29 is 12.8 Å². The summed E-state index contributed by atoms with van der Waals surface area (Å²) in [5, 5.41) is 0. The van der Waals surface area contributed by atoms with Gasteiger partial charge in [-0.25, -0.2) is 13.4 Å². The standard InChI is InChI=1S/C5H8N2O3S/c1-11(8,9)3-5-7-2-4(6)10-5/h2H,3,6H2,1H3. The molecule has 0 spiro atoms. The van der Waals surface area contributed by atoms with Crippen molar-refractivity contribution in [1.29, 1.82) is 0 Å². The first-order valence-corrected chi connectivity index (χ1v) is 4.91. The van der Waals surface area contributed by atoms with E-state index in [0.717, 1.165) is 6.26 Å². The highest BCUT2D eigenvalue weighted by molar-refractivity contribution is 7.89. The van der Waals surface area contributed by atoms with Crippen LogP contribution in [0.2, 0.25) is 0 Å². The largest absolute Gasteiger partial charge is 0.424 e. The van der Waals surface area contributed by atoms with E-state index in [1.165, 1.54) is 6.20 Å². The van der Waals surface area contributed by atoms with Gasteiger partial charge in [-0.1, -0.05) is 0 Å². The van der Waals surface area contributed by atoms with E-state index in [0.29, 0.717) is 0 Å². The number of hydrogen-bond acceptors (Lipinski definition) is 5. The summed E-state index contributed by atoms with van der Waals surface area (Å²) >= 11 is 0. The van der Waals surface area contributed by atoms with Gasteiger partial charge in [-0.3, -0.25) is 0 Å². The summed E-state index contributed by atoms with van der Waals surface area (Å²) in [4.78, 5) is 3.63. The molecule has 62 valence electrons. The molecule has 0 aliphatic rings. The number of anilines is 1. The molecule has 1 rings (SSSR count). The molecule has 0 unspecified atom stereocenters. The third-order valence-electron chi connectivity index (χ3n) is 0.957. The zero-order valence-corrected chi connectivity index (χ0v) is 6.76. The summed E-state index contributed by atoms with van der Waals surface area (Å²) in [5.74, 6) is 0.0538. The number of hydrogen-bond donors (Lipinski definition) is 1. The maximum Gasteiger partial charge on any atom is 0.212 e. The van der Waals surface area contributed by atoms with Gasteiger partial charge in [0, 0.05) is 6.26 Å². The Morgan fingerprint density at radius 1 is 1.73 bits per heavy atom. The van der Waals surface area contributed by atoms with Crippen molar-refractivity contribution in [2.45, 2.75) is 5.75 Å². The number of rotatable bonds is 2. The molecule has 1 aromatic heterocycles. The lowest BCUT2D eigenvalue weighted by atomic mass is 10.8. The van der Waals surface area contributed by atoms with Gasteiger partial charge in [0.25, 0.3) is 0 Å². The first-order valence-electron chi connectivity index (χ1n) is 2.85. The first kappa shape index (κ1) is 8.06. The van der Waals surface area contributed by atoms with Crippen molar-refractivity contribution in [2.24, 2.45) is 0 Å². The normalized spacial score (nSPS) is 11.7. The van der Waals surface area contributed by atoms with Crippen LogP contribution in [-0.4, -0.2) is 19.7 Å². The van der Waals surface area contributed by atoms with E-state index < -0.39 is 9.84 Å². The Balaban J connectivity index is 2.81. The molecular formula is C5H8N2O3S. The van der Waals surface area contributed by atoms with Gasteiger partial charge in [0.05, 0.1) is 6.20 Å². The predicted octanol–water partition coefficient (Wildman–Crippen LogP) is -0.199. The zero-order valence-electron chi connectivity index (χ0n) is 5.94. The van der Waals surface area contributed by atoms with Gasteiger partial charge in [0.2, 0.25) is 11.8 Å². The Morgan fingerprint density at radius 3 is 2.73 bits per heavy atom. The van der Waals surface area contributed by atoms with Crippen LogP contribution in [0.3, 0.4) is 0 Å². The summed E-state index contributed by atoms with van der Waals surface area (Å²) in [6.45, 7) is 0. The Kier molecular flexibility index (Phi) is 1.86. The quantitative estimate of drug-likeness (QED) is 0.674. The predicted molar refractivity (Wildman–Crippen MR) is 39.5 cm³/mol. The number of aromatic nitrogens is 1. The van der Waals surface area contributed by atoms with Crippen LogP contribution in [0.4, 0.5) is 5.88 Å². The Labute approximate surface area is 64.1 Å². The van der Waals surface area contributed by atoms with E-state index in [-0.39, 0.29) is 17.5 Å². The minimum atomic E-state index is -3.08. The Bertz CT molecular complexity index is 340. The van der Waals surface area contributed by atoms with Crippen LogP contribution in [0.15, 0.2) is 10.6 Å². The highest BCUT2D eigenvalue weighted by Gasteiger charge is 2.08. The third kappa shape index (κ3) is 2.58. The average Bonchev–Trinajstić information content (AvgIpc) is 2.10. The van der Waals surface area contributed by atoms with Gasteiger partial charge in [-0.15, -0.1) is 0 Å². The highest BCUT2D eigenvalue weighted by Crippen LogP contribution is 2.07. The molecule has 0 amide bonds. The van der Waals surface area contributed by atoms with E-state index in [4.69, 9.17) is 10.2 Å². The van der Waals surface area contributed by atoms with Crippen molar-refractivity contribution in [3.05, 3.63) is 12.1 Å². The lowest BCUT2D eigenvalue weighted by molar-refractivity contribution is 0.524. The SMILES string of the molecule is CS(=O)(=O)Cc1ncc(N)o1. The van der Waals surface area contributed by atoms with Gasteiger partial charge in [-0.2, -0.15) is 0 Å². The summed E-state index contributed by atoms with van der Waals surface area (Å²) in [5.41, 5.74) is 5.17. The topological polar surface area (TPSA) is 86.2 Å². The molecule has 0 aliphatic carbocycles. The minimum absolute atomic E-state index is 0.128. The molecule has 1 aromatic rings. The van der Waals surface area contributed by atoms with Gasteiger partial charge in [-0.05, 0) is 0 Å². The first-order chi connectivity index (χ1) is 4.97. The maximum absolute atomic E-state index is 10.7. The second-order valence-corrected chi connectivity index (χ2v) is 4.37. The molecule has 1 heterocycles. The van der Waals surface area contributed by atoms with Gasteiger partial charge in [0.15, 0.2) is 9.84 Å². The average molecular weight is 176 g/mol. The van der Waals surface area contributed by atoms with E-state index in [2.05, 4.69) is 4.98 Å². The lowest BCUT2D eigenvalue weighted by Crippen LogP contribution is -2.00. The number of nitrogens with zero attached hydrogens (tertiary/aromatic N) is 1. The summed E-state index contributed by atoms with van der Waals surface area (Å²) < 4.78 is 26.1. The van der Waals surface area contributed by atoms with Crippen LogP contribution in [0, 0.1) is 0 Å². The Hall–Kier alpha value is -1.04. The molecule has 0 fully saturated rings. The van der Waals surface area contributed by atoms with Crippen molar-refractivity contribution in [3.63, 3.8) is 0 Å². The summed E-state index contributed by atoms with van der Waals surface area (Å²) in [6, 6.07) is 0. The maximum atomic E-state index is 10.7. The number of nitrogen functional groups attached to an aromatic ring is 1. The van der Waals surface area contributed by atoms with Gasteiger partial charge < -0.3 is 10.2 Å². The molecule has 6 heteroatoms. The van der Waals surface area contributed by atoms with E-state index >= 15 is 0 Å². The number of nitrogens with two attached hydrogens (primary N) is 1. The molecule has 2 N–H and O–H groups in total. The van der Waals surface area contributed by atoms with Crippen molar-refractivity contribution >= 4 is 15.7 Å². The van der Waals surface area contributed by atoms with Crippen LogP contribution in [-0.2, 0) is 15.6 Å².